The van der Waals surface area contributed by atoms with Gasteiger partial charge in [0.15, 0.2) is 0 Å². The number of nitrogens with zero attached hydrogens (tertiary/aromatic N) is 4. The van der Waals surface area contributed by atoms with Gasteiger partial charge in [0.25, 0.3) is 0 Å². The van der Waals surface area contributed by atoms with Crippen molar-refractivity contribution in [3.05, 3.63) is 34.4 Å². The molecule has 5 nitrogen and oxygen atoms in total. The summed E-state index contributed by atoms with van der Waals surface area (Å²) in [5.74, 6) is -0.551. The van der Waals surface area contributed by atoms with Crippen LogP contribution in [-0.4, -0.2) is 13.2 Å². The molecule has 0 bridgehead atoms. The maximum atomic E-state index is 9.39. The van der Waals surface area contributed by atoms with E-state index in [4.69, 9.17) is 15.3 Å². The van der Waals surface area contributed by atoms with E-state index in [2.05, 4.69) is 26.8 Å². The molecule has 1 unspecified atom stereocenters. The zero-order chi connectivity index (χ0) is 17.5. The molecule has 0 fully saturated rings. The van der Waals surface area contributed by atoms with E-state index in [9.17, 15) is 10.5 Å². The van der Waals surface area contributed by atoms with E-state index in [0.717, 1.165) is 0 Å². The summed E-state index contributed by atoms with van der Waals surface area (Å²) in [6.45, 7) is 7.14. The maximum absolute atomic E-state index is 9.39. The lowest BCUT2D eigenvalue weighted by Gasteiger charge is -2.19. The summed E-state index contributed by atoms with van der Waals surface area (Å²) in [7, 11) is 0. The number of hydrogen-bond donors (Lipinski definition) is 0. The molecule has 1 aromatic carbocycles. The standard InChI is InChI=1S/C18H18N4O/c1-18(2,3)12-23-5-4-13(8-19)17-7-15(10-21)14(9-20)6-16(17)11-22/h6-7,13H,4-5,12H2,1-3H3. The first-order chi connectivity index (χ1) is 10.9. The van der Waals surface area contributed by atoms with Gasteiger partial charge in [0, 0.05) is 6.61 Å². The van der Waals surface area contributed by atoms with Gasteiger partial charge in [0.2, 0.25) is 0 Å². The number of rotatable bonds is 5. The van der Waals surface area contributed by atoms with Gasteiger partial charge in [-0.25, -0.2) is 0 Å². The Kier molecular flexibility index (Phi) is 6.29. The van der Waals surface area contributed by atoms with Gasteiger partial charge in [-0.3, -0.25) is 0 Å². The monoisotopic (exact) mass is 306 g/mol. The fourth-order valence-corrected chi connectivity index (χ4v) is 2.06. The third kappa shape index (κ3) is 5.12. The highest BCUT2D eigenvalue weighted by Gasteiger charge is 2.19. The van der Waals surface area contributed by atoms with Crippen LogP contribution in [-0.2, 0) is 4.74 Å². The maximum Gasteiger partial charge on any atom is 0.101 e. The van der Waals surface area contributed by atoms with Gasteiger partial charge in [-0.2, -0.15) is 21.0 Å². The van der Waals surface area contributed by atoms with Crippen LogP contribution in [0.15, 0.2) is 12.1 Å². The summed E-state index contributed by atoms with van der Waals surface area (Å²) < 4.78 is 5.58. The largest absolute Gasteiger partial charge is 0.381 e. The van der Waals surface area contributed by atoms with Crippen LogP contribution in [0.1, 0.15) is 55.4 Å². The highest BCUT2D eigenvalue weighted by Crippen LogP contribution is 2.26. The Morgan fingerprint density at radius 3 is 2.00 bits per heavy atom. The highest BCUT2D eigenvalue weighted by atomic mass is 16.5. The van der Waals surface area contributed by atoms with Crippen molar-refractivity contribution in [2.75, 3.05) is 13.2 Å². The van der Waals surface area contributed by atoms with Crippen LogP contribution < -0.4 is 0 Å². The predicted octanol–water partition coefficient (Wildman–Crippen LogP) is 3.36. The molecule has 0 aliphatic heterocycles. The Morgan fingerprint density at radius 2 is 1.52 bits per heavy atom. The van der Waals surface area contributed by atoms with Crippen molar-refractivity contribution in [3.8, 4) is 24.3 Å². The third-order valence-electron chi connectivity index (χ3n) is 3.17. The van der Waals surface area contributed by atoms with Gasteiger partial charge in [0.05, 0.1) is 41.4 Å². The summed E-state index contributed by atoms with van der Waals surface area (Å²) in [5, 5.41) is 36.7. The van der Waals surface area contributed by atoms with Crippen LogP contribution in [0.25, 0.3) is 0 Å². The number of nitriles is 4. The lowest BCUT2D eigenvalue weighted by molar-refractivity contribution is 0.0685. The van der Waals surface area contributed by atoms with E-state index < -0.39 is 5.92 Å². The van der Waals surface area contributed by atoms with Crippen molar-refractivity contribution >= 4 is 0 Å². The smallest absolute Gasteiger partial charge is 0.101 e. The third-order valence-corrected chi connectivity index (χ3v) is 3.17. The molecule has 1 rings (SSSR count). The first-order valence-electron chi connectivity index (χ1n) is 7.22. The van der Waals surface area contributed by atoms with Crippen LogP contribution in [0.5, 0.6) is 0 Å². The summed E-state index contributed by atoms with van der Waals surface area (Å²) in [6, 6.07) is 10.8. The quantitative estimate of drug-likeness (QED) is 0.775. The second kappa shape index (κ2) is 7.95. The second-order valence-corrected chi connectivity index (χ2v) is 6.40. The fourth-order valence-electron chi connectivity index (χ4n) is 2.06. The van der Waals surface area contributed by atoms with E-state index >= 15 is 0 Å². The molecule has 0 radical (unpaired) electrons. The molecule has 5 heteroatoms. The minimum Gasteiger partial charge on any atom is -0.381 e. The van der Waals surface area contributed by atoms with E-state index in [1.54, 1.807) is 0 Å². The Balaban J connectivity index is 2.99. The Labute approximate surface area is 136 Å². The molecular weight excluding hydrogens is 288 g/mol. The van der Waals surface area contributed by atoms with Crippen LogP contribution >= 0.6 is 0 Å². The molecule has 0 aliphatic carbocycles. The SMILES string of the molecule is CC(C)(C)COCCC(C#N)c1cc(C#N)c(C#N)cc1C#N. The average molecular weight is 306 g/mol. The Hall–Kier alpha value is -2.86. The minimum absolute atomic E-state index is 0.0440. The number of hydrogen-bond acceptors (Lipinski definition) is 5. The summed E-state index contributed by atoms with van der Waals surface area (Å²) in [5.41, 5.74) is 1.10. The molecule has 0 amide bonds. The van der Waals surface area contributed by atoms with Gasteiger partial charge in [-0.15, -0.1) is 0 Å². The molecule has 23 heavy (non-hydrogen) atoms. The minimum atomic E-state index is -0.551. The van der Waals surface area contributed by atoms with E-state index in [0.29, 0.717) is 25.2 Å². The first-order valence-corrected chi connectivity index (χ1v) is 7.22. The molecule has 1 atom stereocenters. The van der Waals surface area contributed by atoms with E-state index in [-0.39, 0.29) is 22.1 Å². The van der Waals surface area contributed by atoms with Crippen molar-refractivity contribution in [1.29, 1.82) is 21.0 Å². The highest BCUT2D eigenvalue weighted by molar-refractivity contribution is 5.55. The molecule has 0 saturated carbocycles. The number of benzene rings is 1. The number of ether oxygens (including phenoxy) is 1. The normalized spacial score (nSPS) is 11.6. The summed E-state index contributed by atoms with van der Waals surface area (Å²) >= 11 is 0. The zero-order valence-electron chi connectivity index (χ0n) is 13.6. The van der Waals surface area contributed by atoms with Crippen LogP contribution in [0.2, 0.25) is 0 Å². The van der Waals surface area contributed by atoms with Crippen molar-refractivity contribution in [2.45, 2.75) is 33.1 Å². The van der Waals surface area contributed by atoms with E-state index in [1.807, 2.05) is 18.2 Å². The van der Waals surface area contributed by atoms with Gasteiger partial charge < -0.3 is 4.74 Å². The molecular formula is C18H18N4O. The fraction of sp³-hybridized carbons (Fsp3) is 0.444. The predicted molar refractivity (Wildman–Crippen MR) is 83.8 cm³/mol. The van der Waals surface area contributed by atoms with Crippen LogP contribution in [0, 0.1) is 50.7 Å². The van der Waals surface area contributed by atoms with Crippen molar-refractivity contribution in [1.82, 2.24) is 0 Å². The van der Waals surface area contributed by atoms with Crippen molar-refractivity contribution in [2.24, 2.45) is 5.41 Å². The Morgan fingerprint density at radius 1 is 0.957 bits per heavy atom. The molecule has 0 heterocycles. The molecule has 0 aromatic heterocycles. The molecule has 0 saturated heterocycles. The van der Waals surface area contributed by atoms with Gasteiger partial charge in [0.1, 0.15) is 12.1 Å². The summed E-state index contributed by atoms with van der Waals surface area (Å²) in [6.07, 6.45) is 0.429. The second-order valence-electron chi connectivity index (χ2n) is 6.40. The lowest BCUT2D eigenvalue weighted by Crippen LogP contribution is -2.16. The topological polar surface area (TPSA) is 104 Å². The van der Waals surface area contributed by atoms with Crippen LogP contribution in [0.3, 0.4) is 0 Å². The molecule has 0 aliphatic rings. The molecule has 0 N–H and O–H groups in total. The lowest BCUT2D eigenvalue weighted by atomic mass is 9.90. The molecule has 116 valence electrons. The average Bonchev–Trinajstić information content (AvgIpc) is 2.52. The zero-order valence-corrected chi connectivity index (χ0v) is 13.6. The van der Waals surface area contributed by atoms with Gasteiger partial charge in [-0.05, 0) is 29.5 Å². The van der Waals surface area contributed by atoms with Crippen LogP contribution in [0.4, 0.5) is 0 Å². The Bertz CT molecular complexity index is 733. The first kappa shape index (κ1) is 18.2. The van der Waals surface area contributed by atoms with Gasteiger partial charge in [-0.1, -0.05) is 20.8 Å². The van der Waals surface area contributed by atoms with Crippen molar-refractivity contribution < 1.29 is 4.74 Å². The molecule has 1 aromatic rings. The summed E-state index contributed by atoms with van der Waals surface area (Å²) in [4.78, 5) is 0. The van der Waals surface area contributed by atoms with Gasteiger partial charge >= 0.3 is 0 Å². The van der Waals surface area contributed by atoms with Crippen molar-refractivity contribution in [3.63, 3.8) is 0 Å². The van der Waals surface area contributed by atoms with E-state index in [1.165, 1.54) is 12.1 Å². The molecule has 0 spiro atoms.